The van der Waals surface area contributed by atoms with Crippen LogP contribution in [-0.4, -0.2) is 31.4 Å². The van der Waals surface area contributed by atoms with Crippen molar-refractivity contribution in [2.24, 2.45) is 0 Å². The second-order valence-electron chi connectivity index (χ2n) is 5.97. The fourth-order valence-corrected chi connectivity index (χ4v) is 3.23. The highest BCUT2D eigenvalue weighted by molar-refractivity contribution is 7.99. The number of halogens is 5. The molecule has 158 valence electrons. The summed E-state index contributed by atoms with van der Waals surface area (Å²) >= 11 is 0.830. The minimum atomic E-state index is -2.30. The molecule has 0 aliphatic heterocycles. The van der Waals surface area contributed by atoms with Gasteiger partial charge < -0.3 is 5.32 Å². The molecule has 0 unspecified atom stereocenters. The summed E-state index contributed by atoms with van der Waals surface area (Å²) in [6.45, 7) is 4.49. The molecule has 1 amide bonds. The Bertz CT molecular complexity index is 1090. The minimum Gasteiger partial charge on any atom is -0.320 e. The highest BCUT2D eigenvalue weighted by Crippen LogP contribution is 2.28. The van der Waals surface area contributed by atoms with E-state index >= 15 is 0 Å². The summed E-state index contributed by atoms with van der Waals surface area (Å²) in [4.78, 5) is 20.3. The summed E-state index contributed by atoms with van der Waals surface area (Å²) in [7, 11) is 0. The SMILES string of the molecule is CCn1ncc(-c2ccnc(SCC(=O)Nc3c(F)c(F)c(F)c(F)c3F)n2)c1C. The third kappa shape index (κ3) is 4.13. The number of benzene rings is 1. The van der Waals surface area contributed by atoms with Gasteiger partial charge in [0, 0.05) is 24.0 Å². The third-order valence-corrected chi connectivity index (χ3v) is 4.98. The second-order valence-corrected chi connectivity index (χ2v) is 6.91. The van der Waals surface area contributed by atoms with Gasteiger partial charge in [0.1, 0.15) is 5.69 Å². The molecule has 0 bridgehead atoms. The van der Waals surface area contributed by atoms with E-state index < -0.39 is 46.4 Å². The number of rotatable bonds is 6. The molecule has 0 radical (unpaired) electrons. The van der Waals surface area contributed by atoms with Gasteiger partial charge in [0.2, 0.25) is 11.7 Å². The standard InChI is InChI=1S/C18H14F5N5OS/c1-3-28-8(2)9(6-25-28)10-4-5-24-18(26-10)30-7-11(29)27-17-15(22)13(20)12(19)14(21)16(17)23/h4-6H,3,7H2,1-2H3,(H,27,29). The zero-order chi connectivity index (χ0) is 22.0. The van der Waals surface area contributed by atoms with E-state index in [2.05, 4.69) is 15.1 Å². The van der Waals surface area contributed by atoms with Gasteiger partial charge in [0.15, 0.2) is 28.4 Å². The number of aromatic nitrogens is 4. The molecule has 3 aromatic rings. The lowest BCUT2D eigenvalue weighted by Crippen LogP contribution is -2.18. The molecular formula is C18H14F5N5OS. The van der Waals surface area contributed by atoms with Crippen molar-refractivity contribution in [3.8, 4) is 11.3 Å². The molecule has 0 aliphatic carbocycles. The molecule has 0 spiro atoms. The Balaban J connectivity index is 1.73. The molecule has 2 heterocycles. The van der Waals surface area contributed by atoms with Crippen LogP contribution in [0.25, 0.3) is 11.3 Å². The number of hydrogen-bond donors (Lipinski definition) is 1. The van der Waals surface area contributed by atoms with E-state index in [9.17, 15) is 26.7 Å². The predicted molar refractivity (Wildman–Crippen MR) is 99.2 cm³/mol. The largest absolute Gasteiger partial charge is 0.320 e. The van der Waals surface area contributed by atoms with Crippen LogP contribution in [0.5, 0.6) is 0 Å². The summed E-state index contributed by atoms with van der Waals surface area (Å²) in [5.41, 5.74) is 0.808. The highest BCUT2D eigenvalue weighted by Gasteiger charge is 2.26. The monoisotopic (exact) mass is 443 g/mol. The van der Waals surface area contributed by atoms with E-state index in [1.807, 2.05) is 13.8 Å². The van der Waals surface area contributed by atoms with Crippen molar-refractivity contribution < 1.29 is 26.7 Å². The number of amides is 1. The summed E-state index contributed by atoms with van der Waals surface area (Å²) in [6.07, 6.45) is 3.11. The Morgan fingerprint density at radius 3 is 2.33 bits per heavy atom. The molecular weight excluding hydrogens is 429 g/mol. The van der Waals surface area contributed by atoms with E-state index in [-0.39, 0.29) is 5.16 Å². The van der Waals surface area contributed by atoms with E-state index in [1.165, 1.54) is 6.20 Å². The van der Waals surface area contributed by atoms with Crippen LogP contribution >= 0.6 is 11.8 Å². The zero-order valence-corrected chi connectivity index (χ0v) is 16.5. The summed E-state index contributed by atoms with van der Waals surface area (Å²) < 4.78 is 68.6. The topological polar surface area (TPSA) is 72.7 Å². The number of thioether (sulfide) groups is 1. The lowest BCUT2D eigenvalue weighted by Gasteiger charge is -2.09. The first-order valence-electron chi connectivity index (χ1n) is 8.54. The normalized spacial score (nSPS) is 11.0. The zero-order valence-electron chi connectivity index (χ0n) is 15.6. The molecule has 6 nitrogen and oxygen atoms in total. The average Bonchev–Trinajstić information content (AvgIpc) is 3.13. The lowest BCUT2D eigenvalue weighted by molar-refractivity contribution is -0.113. The number of nitrogens with zero attached hydrogens (tertiary/aromatic N) is 4. The van der Waals surface area contributed by atoms with E-state index in [1.54, 1.807) is 22.3 Å². The Morgan fingerprint density at radius 2 is 1.73 bits per heavy atom. The first kappa shape index (κ1) is 21.7. The lowest BCUT2D eigenvalue weighted by atomic mass is 10.2. The number of anilines is 1. The van der Waals surface area contributed by atoms with Gasteiger partial charge in [-0.1, -0.05) is 11.8 Å². The van der Waals surface area contributed by atoms with Crippen LogP contribution in [0.1, 0.15) is 12.6 Å². The molecule has 0 atom stereocenters. The van der Waals surface area contributed by atoms with Crippen LogP contribution in [0.2, 0.25) is 0 Å². The molecule has 0 aliphatic rings. The van der Waals surface area contributed by atoms with Crippen molar-refractivity contribution in [1.82, 2.24) is 19.7 Å². The quantitative estimate of drug-likeness (QED) is 0.204. The maximum Gasteiger partial charge on any atom is 0.235 e. The number of nitrogens with one attached hydrogen (secondary N) is 1. The van der Waals surface area contributed by atoms with Crippen molar-refractivity contribution in [3.63, 3.8) is 0 Å². The van der Waals surface area contributed by atoms with Gasteiger partial charge >= 0.3 is 0 Å². The van der Waals surface area contributed by atoms with Crippen LogP contribution < -0.4 is 5.32 Å². The van der Waals surface area contributed by atoms with Crippen LogP contribution in [-0.2, 0) is 11.3 Å². The first-order valence-corrected chi connectivity index (χ1v) is 9.53. The maximum absolute atomic E-state index is 13.7. The number of aryl methyl sites for hydroxylation is 1. The Hall–Kier alpha value is -3.02. The van der Waals surface area contributed by atoms with Gasteiger partial charge in [-0.2, -0.15) is 5.10 Å². The minimum absolute atomic E-state index is 0.184. The van der Waals surface area contributed by atoms with Crippen molar-refractivity contribution in [1.29, 1.82) is 0 Å². The van der Waals surface area contributed by atoms with E-state index in [0.29, 0.717) is 12.2 Å². The van der Waals surface area contributed by atoms with Gasteiger partial charge in [0.05, 0.1) is 17.6 Å². The summed E-state index contributed by atoms with van der Waals surface area (Å²) in [5.74, 6) is -12.2. The van der Waals surface area contributed by atoms with Gasteiger partial charge in [-0.3, -0.25) is 9.48 Å². The van der Waals surface area contributed by atoms with E-state index in [4.69, 9.17) is 0 Å². The molecule has 1 aromatic carbocycles. The predicted octanol–water partition coefficient (Wildman–Crippen LogP) is 4.09. The fourth-order valence-electron chi connectivity index (χ4n) is 2.60. The molecule has 3 rings (SSSR count). The van der Waals surface area contributed by atoms with E-state index in [0.717, 1.165) is 23.0 Å². The number of carbonyl (C=O) groups is 1. The Kier molecular flexibility index (Phi) is 6.34. The van der Waals surface area contributed by atoms with Crippen molar-refractivity contribution in [2.75, 3.05) is 11.1 Å². The molecule has 12 heteroatoms. The Morgan fingerprint density at radius 1 is 1.10 bits per heavy atom. The average molecular weight is 443 g/mol. The maximum atomic E-state index is 13.7. The first-order chi connectivity index (χ1) is 14.2. The number of hydrogen-bond acceptors (Lipinski definition) is 5. The molecule has 1 N–H and O–H groups in total. The van der Waals surface area contributed by atoms with Crippen LogP contribution in [0.4, 0.5) is 27.6 Å². The molecule has 0 fully saturated rings. The molecule has 2 aromatic heterocycles. The van der Waals surface area contributed by atoms with Crippen molar-refractivity contribution >= 4 is 23.4 Å². The number of carbonyl (C=O) groups excluding carboxylic acids is 1. The van der Waals surface area contributed by atoms with Crippen LogP contribution in [0, 0.1) is 36.0 Å². The van der Waals surface area contributed by atoms with Crippen molar-refractivity contribution in [2.45, 2.75) is 25.5 Å². The molecule has 30 heavy (non-hydrogen) atoms. The summed E-state index contributed by atoms with van der Waals surface area (Å²) in [6, 6.07) is 1.66. The van der Waals surface area contributed by atoms with Crippen LogP contribution in [0.15, 0.2) is 23.6 Å². The molecule has 0 saturated heterocycles. The molecule has 0 saturated carbocycles. The Labute approximate surface area is 171 Å². The smallest absolute Gasteiger partial charge is 0.235 e. The van der Waals surface area contributed by atoms with Gasteiger partial charge in [-0.05, 0) is 19.9 Å². The second kappa shape index (κ2) is 8.78. The van der Waals surface area contributed by atoms with Gasteiger partial charge in [0.25, 0.3) is 0 Å². The van der Waals surface area contributed by atoms with Gasteiger partial charge in [-0.25, -0.2) is 31.9 Å². The van der Waals surface area contributed by atoms with Gasteiger partial charge in [-0.15, -0.1) is 0 Å². The van der Waals surface area contributed by atoms with Crippen LogP contribution in [0.3, 0.4) is 0 Å². The highest BCUT2D eigenvalue weighted by atomic mass is 32.2. The third-order valence-electron chi connectivity index (χ3n) is 4.12. The van der Waals surface area contributed by atoms with Crippen molar-refractivity contribution in [3.05, 3.63) is 53.2 Å². The fraction of sp³-hybridized carbons (Fsp3) is 0.222. The summed E-state index contributed by atoms with van der Waals surface area (Å²) in [5, 5.41) is 6.11.